The van der Waals surface area contributed by atoms with Gasteiger partial charge in [0, 0.05) is 11.0 Å². The van der Waals surface area contributed by atoms with Gasteiger partial charge in [0.2, 0.25) is 0 Å². The molecule has 1 saturated carbocycles. The molecule has 2 atom stereocenters. The summed E-state index contributed by atoms with van der Waals surface area (Å²) in [5.74, 6) is 1.27. The van der Waals surface area contributed by atoms with Crippen molar-refractivity contribution >= 4 is 6.08 Å². The number of benzene rings is 1. The molecule has 2 aromatic rings. The van der Waals surface area contributed by atoms with Gasteiger partial charge in [0.1, 0.15) is 0 Å². The Bertz CT molecular complexity index is 856. The number of allylic oxidation sites excluding steroid dienone is 1. The van der Waals surface area contributed by atoms with Crippen LogP contribution in [0, 0.1) is 5.92 Å². The zero-order valence-electron chi connectivity index (χ0n) is 17.4. The highest BCUT2D eigenvalue weighted by molar-refractivity contribution is 5.76. The van der Waals surface area contributed by atoms with Crippen molar-refractivity contribution in [3.8, 4) is 11.3 Å². The molecule has 3 aliphatic rings. The van der Waals surface area contributed by atoms with E-state index >= 15 is 0 Å². The van der Waals surface area contributed by atoms with Crippen molar-refractivity contribution in [1.29, 1.82) is 0 Å². The van der Waals surface area contributed by atoms with Crippen LogP contribution in [0.5, 0.6) is 0 Å². The maximum absolute atomic E-state index is 5.22. The van der Waals surface area contributed by atoms with Crippen LogP contribution < -0.4 is 0 Å². The molecule has 2 bridgehead atoms. The van der Waals surface area contributed by atoms with E-state index in [0.717, 1.165) is 18.0 Å². The summed E-state index contributed by atoms with van der Waals surface area (Å²) in [7, 11) is 0. The summed E-state index contributed by atoms with van der Waals surface area (Å²) in [6.07, 6.45) is 10.6. The third kappa shape index (κ3) is 2.70. The first-order chi connectivity index (χ1) is 13.2. The molecule has 0 N–H and O–H groups in total. The number of pyridine rings is 1. The molecule has 2 unspecified atom stereocenters. The molecule has 0 radical (unpaired) electrons. The van der Waals surface area contributed by atoms with Gasteiger partial charge in [-0.2, -0.15) is 0 Å². The molecule has 1 nitrogen and oxygen atoms in total. The molecule has 1 aromatic heterocycles. The van der Waals surface area contributed by atoms with E-state index < -0.39 is 0 Å². The van der Waals surface area contributed by atoms with Crippen molar-refractivity contribution < 1.29 is 0 Å². The van der Waals surface area contributed by atoms with Gasteiger partial charge in [-0.15, -0.1) is 0 Å². The van der Waals surface area contributed by atoms with Crippen LogP contribution in [0.2, 0.25) is 0 Å². The summed E-state index contributed by atoms with van der Waals surface area (Å²) in [5, 5.41) is 0. The molecular weight excluding hydrogens is 326 g/mol. The van der Waals surface area contributed by atoms with Crippen molar-refractivity contribution in [3.63, 3.8) is 0 Å². The molecule has 1 heteroatoms. The van der Waals surface area contributed by atoms with Crippen LogP contribution in [0.1, 0.15) is 89.0 Å². The van der Waals surface area contributed by atoms with Crippen molar-refractivity contribution in [2.45, 2.75) is 77.6 Å². The first kappa shape index (κ1) is 18.5. The topological polar surface area (TPSA) is 12.9 Å². The highest BCUT2D eigenvalue weighted by Gasteiger charge is 2.49. The Morgan fingerprint density at radius 1 is 1.00 bits per heavy atom. The minimum atomic E-state index is 0.0642. The van der Waals surface area contributed by atoms with Crippen LogP contribution in [0.15, 0.2) is 42.0 Å². The molecule has 27 heavy (non-hydrogen) atoms. The lowest BCUT2D eigenvalue weighted by atomic mass is 9.62. The molecule has 2 heterocycles. The van der Waals surface area contributed by atoms with Crippen LogP contribution >= 0.6 is 0 Å². The summed E-state index contributed by atoms with van der Waals surface area (Å²) < 4.78 is 0. The highest BCUT2D eigenvalue weighted by atomic mass is 14.8. The second-order valence-electron chi connectivity index (χ2n) is 8.32. The maximum Gasteiger partial charge on any atom is 0.0709 e. The van der Waals surface area contributed by atoms with E-state index in [1.807, 2.05) is 13.8 Å². The van der Waals surface area contributed by atoms with Crippen LogP contribution in [0.25, 0.3) is 17.3 Å². The van der Waals surface area contributed by atoms with E-state index in [1.165, 1.54) is 54.5 Å². The van der Waals surface area contributed by atoms with E-state index in [0.29, 0.717) is 5.92 Å². The van der Waals surface area contributed by atoms with Gasteiger partial charge < -0.3 is 0 Å². The smallest absolute Gasteiger partial charge is 0.0709 e. The zero-order valence-corrected chi connectivity index (χ0v) is 17.4. The third-order valence-electron chi connectivity index (χ3n) is 7.09. The first-order valence-corrected chi connectivity index (χ1v) is 11.1. The minimum Gasteiger partial charge on any atom is -0.251 e. The van der Waals surface area contributed by atoms with E-state index in [1.54, 1.807) is 5.57 Å². The van der Waals surface area contributed by atoms with Crippen LogP contribution in [0.4, 0.5) is 0 Å². The highest BCUT2D eigenvalue weighted by Crippen LogP contribution is 2.57. The molecule has 1 fully saturated rings. The fourth-order valence-electron chi connectivity index (χ4n) is 5.90. The zero-order chi connectivity index (χ0) is 19.0. The first-order valence-electron chi connectivity index (χ1n) is 11.1. The monoisotopic (exact) mass is 359 g/mol. The van der Waals surface area contributed by atoms with Crippen LogP contribution in [0.3, 0.4) is 0 Å². The van der Waals surface area contributed by atoms with Gasteiger partial charge >= 0.3 is 0 Å². The van der Waals surface area contributed by atoms with Gasteiger partial charge in [-0.3, -0.25) is 4.98 Å². The van der Waals surface area contributed by atoms with Crippen molar-refractivity contribution in [2.24, 2.45) is 5.92 Å². The molecule has 142 valence electrons. The van der Waals surface area contributed by atoms with Crippen molar-refractivity contribution in [1.82, 2.24) is 4.98 Å². The summed E-state index contributed by atoms with van der Waals surface area (Å²) in [6, 6.07) is 13.5. The SMILES string of the molecule is CC.CCC1c2ccccc2-c2ccc3c(n2)C1(C)C(C1CCCCC1)=C3. The minimum absolute atomic E-state index is 0.0642. The van der Waals surface area contributed by atoms with Crippen molar-refractivity contribution in [3.05, 3.63) is 58.8 Å². The van der Waals surface area contributed by atoms with Crippen molar-refractivity contribution in [2.75, 3.05) is 0 Å². The molecule has 1 aromatic carbocycles. The predicted molar refractivity (Wildman–Crippen MR) is 116 cm³/mol. The van der Waals surface area contributed by atoms with E-state index in [4.69, 9.17) is 4.98 Å². The molecule has 0 saturated heterocycles. The lowest BCUT2D eigenvalue weighted by Crippen LogP contribution is -2.34. The lowest BCUT2D eigenvalue weighted by molar-refractivity contribution is 0.330. The van der Waals surface area contributed by atoms with Gasteiger partial charge in [0.25, 0.3) is 0 Å². The number of rotatable bonds is 2. The van der Waals surface area contributed by atoms with Crippen LogP contribution in [-0.4, -0.2) is 4.98 Å². The molecular formula is C26H33N. The lowest BCUT2D eigenvalue weighted by Gasteiger charge is -2.40. The Morgan fingerprint density at radius 3 is 2.48 bits per heavy atom. The number of hydrogen-bond donors (Lipinski definition) is 0. The van der Waals surface area contributed by atoms with Gasteiger partial charge in [-0.1, -0.05) is 82.0 Å². The van der Waals surface area contributed by atoms with Gasteiger partial charge in [0.05, 0.1) is 11.4 Å². The quantitative estimate of drug-likeness (QED) is 0.540. The fraction of sp³-hybridized carbons (Fsp3) is 0.500. The molecule has 0 amide bonds. The van der Waals surface area contributed by atoms with E-state index in [2.05, 4.69) is 56.3 Å². The molecule has 5 rings (SSSR count). The number of hydrogen-bond acceptors (Lipinski definition) is 1. The molecule has 2 aliphatic carbocycles. The second-order valence-corrected chi connectivity index (χ2v) is 8.32. The second kappa shape index (κ2) is 7.26. The Morgan fingerprint density at radius 2 is 1.74 bits per heavy atom. The average molecular weight is 360 g/mol. The summed E-state index contributed by atoms with van der Waals surface area (Å²) in [5.41, 5.74) is 8.46. The number of nitrogens with zero attached hydrogens (tertiary/aromatic N) is 1. The summed E-state index contributed by atoms with van der Waals surface area (Å²) in [6.45, 7) is 8.85. The van der Waals surface area contributed by atoms with Crippen LogP contribution in [-0.2, 0) is 5.41 Å². The molecule has 0 spiro atoms. The number of aromatic nitrogens is 1. The largest absolute Gasteiger partial charge is 0.251 e. The Hall–Kier alpha value is -1.89. The Labute approximate surface area is 164 Å². The summed E-state index contributed by atoms with van der Waals surface area (Å²) in [4.78, 5) is 5.22. The maximum atomic E-state index is 5.22. The Kier molecular flexibility index (Phi) is 4.97. The fourth-order valence-corrected chi connectivity index (χ4v) is 5.90. The number of fused-ring (bicyclic) bond motifs is 3. The third-order valence-corrected chi connectivity index (χ3v) is 7.09. The normalized spacial score (nSPS) is 25.8. The standard InChI is InChI=1S/C24H27N.C2H6/c1-3-20-18-11-7-8-12-19(18)22-14-13-17-15-21(16-9-5-4-6-10-16)24(20,2)23(17)25-22;1-2/h7-8,11-16,20H,3-6,9-10H2,1-2H3;1-2H3. The average Bonchev–Trinajstić information content (AvgIpc) is 3.00. The summed E-state index contributed by atoms with van der Waals surface area (Å²) >= 11 is 0. The van der Waals surface area contributed by atoms with Gasteiger partial charge in [-0.05, 0) is 55.2 Å². The van der Waals surface area contributed by atoms with Gasteiger partial charge in [-0.25, -0.2) is 0 Å². The Balaban J connectivity index is 0.000000872. The van der Waals surface area contributed by atoms with E-state index in [-0.39, 0.29) is 5.41 Å². The van der Waals surface area contributed by atoms with E-state index in [9.17, 15) is 0 Å². The predicted octanol–water partition coefficient (Wildman–Crippen LogP) is 7.52. The van der Waals surface area contributed by atoms with Gasteiger partial charge in [0.15, 0.2) is 0 Å². The molecule has 1 aliphatic heterocycles.